The average Bonchev–Trinajstić information content (AvgIpc) is 3.23. The van der Waals surface area contributed by atoms with Crippen molar-refractivity contribution >= 4 is 5.91 Å². The molecule has 23 heavy (non-hydrogen) atoms. The molecule has 0 radical (unpaired) electrons. The van der Waals surface area contributed by atoms with Crippen LogP contribution in [0.25, 0.3) is 0 Å². The molecule has 5 heteroatoms. The van der Waals surface area contributed by atoms with E-state index in [1.165, 1.54) is 56.2 Å². The van der Waals surface area contributed by atoms with Crippen molar-refractivity contribution in [2.45, 2.75) is 57.4 Å². The van der Waals surface area contributed by atoms with E-state index in [2.05, 4.69) is 15.7 Å². The van der Waals surface area contributed by atoms with Gasteiger partial charge in [-0.25, -0.2) is 0 Å². The first-order chi connectivity index (χ1) is 11.2. The highest BCUT2D eigenvalue weighted by molar-refractivity contribution is 5.80. The van der Waals surface area contributed by atoms with Crippen molar-refractivity contribution in [3.05, 3.63) is 17.5 Å². The highest BCUT2D eigenvalue weighted by Crippen LogP contribution is 2.45. The maximum absolute atomic E-state index is 12.8. The van der Waals surface area contributed by atoms with Crippen LogP contribution in [0.4, 0.5) is 0 Å². The number of carbonyl (C=O) groups excluding carboxylic acids is 1. The monoisotopic (exact) mass is 316 g/mol. The Morgan fingerprint density at radius 3 is 2.91 bits per heavy atom. The van der Waals surface area contributed by atoms with Crippen LogP contribution in [0.15, 0.2) is 6.20 Å². The van der Waals surface area contributed by atoms with Gasteiger partial charge in [0, 0.05) is 20.1 Å². The fourth-order valence-corrected chi connectivity index (χ4v) is 4.68. The zero-order chi connectivity index (χ0) is 15.9. The van der Waals surface area contributed by atoms with Crippen molar-refractivity contribution in [2.24, 2.45) is 18.4 Å². The second-order valence-corrected chi connectivity index (χ2v) is 7.77. The van der Waals surface area contributed by atoms with E-state index in [0.29, 0.717) is 12.5 Å². The van der Waals surface area contributed by atoms with Crippen molar-refractivity contribution in [2.75, 3.05) is 13.1 Å². The fourth-order valence-electron chi connectivity index (χ4n) is 4.68. The Balaban J connectivity index is 1.43. The van der Waals surface area contributed by atoms with Gasteiger partial charge >= 0.3 is 0 Å². The highest BCUT2D eigenvalue weighted by atomic mass is 16.2. The highest BCUT2D eigenvalue weighted by Gasteiger charge is 2.46. The molecule has 1 saturated heterocycles. The summed E-state index contributed by atoms with van der Waals surface area (Å²) in [5, 5.41) is 11.1. The van der Waals surface area contributed by atoms with Crippen LogP contribution >= 0.6 is 0 Å². The molecular formula is C18H28N4O. The lowest BCUT2D eigenvalue weighted by atomic mass is 9.67. The van der Waals surface area contributed by atoms with E-state index >= 15 is 0 Å². The lowest BCUT2D eigenvalue weighted by Crippen LogP contribution is -2.42. The summed E-state index contributed by atoms with van der Waals surface area (Å²) in [5.41, 5.74) is 2.74. The van der Waals surface area contributed by atoms with Crippen molar-refractivity contribution in [3.8, 4) is 0 Å². The molecule has 1 atom stereocenters. The molecule has 2 saturated carbocycles. The number of nitrogens with zero attached hydrogens (tertiary/aromatic N) is 2. The average molecular weight is 316 g/mol. The van der Waals surface area contributed by atoms with Gasteiger partial charge in [-0.1, -0.05) is 19.3 Å². The van der Waals surface area contributed by atoms with Gasteiger partial charge in [-0.05, 0) is 42.6 Å². The van der Waals surface area contributed by atoms with E-state index in [-0.39, 0.29) is 17.2 Å². The summed E-state index contributed by atoms with van der Waals surface area (Å²) >= 11 is 0. The second-order valence-electron chi connectivity index (χ2n) is 7.77. The minimum atomic E-state index is 0.139. The van der Waals surface area contributed by atoms with E-state index in [1.54, 1.807) is 0 Å². The van der Waals surface area contributed by atoms with Gasteiger partial charge in [-0.2, -0.15) is 5.10 Å². The van der Waals surface area contributed by atoms with E-state index < -0.39 is 0 Å². The molecule has 1 aromatic rings. The van der Waals surface area contributed by atoms with Gasteiger partial charge < -0.3 is 10.6 Å². The zero-order valence-electron chi connectivity index (χ0n) is 14.1. The summed E-state index contributed by atoms with van der Waals surface area (Å²) < 4.78 is 1.93. The quantitative estimate of drug-likeness (QED) is 0.894. The minimum Gasteiger partial charge on any atom is -0.350 e. The van der Waals surface area contributed by atoms with Crippen molar-refractivity contribution in [1.29, 1.82) is 0 Å². The molecule has 1 unspecified atom stereocenters. The number of rotatable bonds is 4. The number of aromatic nitrogens is 2. The summed E-state index contributed by atoms with van der Waals surface area (Å²) in [6, 6.07) is 0. The van der Waals surface area contributed by atoms with Crippen LogP contribution in [0.5, 0.6) is 0 Å². The lowest BCUT2D eigenvalue weighted by Gasteiger charge is -2.37. The summed E-state index contributed by atoms with van der Waals surface area (Å²) in [6.07, 6.45) is 10.8. The van der Waals surface area contributed by atoms with Crippen LogP contribution in [-0.2, 0) is 18.4 Å². The maximum atomic E-state index is 12.8. The number of carbonyl (C=O) groups is 1. The molecule has 4 rings (SSSR count). The molecule has 0 bridgehead atoms. The Hall–Kier alpha value is -1.36. The number of nitrogens with one attached hydrogen (secondary N) is 2. The molecule has 1 spiro atoms. The van der Waals surface area contributed by atoms with Crippen LogP contribution < -0.4 is 10.6 Å². The SMILES string of the molecule is Cn1ncc(C2CC2)c1CNC(=O)C1CNCC12CCCCC2. The largest absolute Gasteiger partial charge is 0.350 e. The van der Waals surface area contributed by atoms with Crippen LogP contribution in [0, 0.1) is 11.3 Å². The molecule has 1 aliphatic heterocycles. The van der Waals surface area contributed by atoms with Gasteiger partial charge in [-0.15, -0.1) is 0 Å². The Bertz CT molecular complexity index is 584. The number of hydrogen-bond donors (Lipinski definition) is 2. The molecule has 1 aromatic heterocycles. The third-order valence-corrected chi connectivity index (χ3v) is 6.27. The molecular weight excluding hydrogens is 288 g/mol. The van der Waals surface area contributed by atoms with Crippen molar-refractivity contribution < 1.29 is 4.79 Å². The second kappa shape index (κ2) is 5.93. The number of hydrogen-bond acceptors (Lipinski definition) is 3. The predicted molar refractivity (Wildman–Crippen MR) is 88.9 cm³/mol. The normalized spacial score (nSPS) is 26.6. The molecule has 2 aliphatic carbocycles. The minimum absolute atomic E-state index is 0.139. The fraction of sp³-hybridized carbons (Fsp3) is 0.778. The zero-order valence-corrected chi connectivity index (χ0v) is 14.1. The van der Waals surface area contributed by atoms with Crippen LogP contribution in [0.2, 0.25) is 0 Å². The molecule has 5 nitrogen and oxygen atoms in total. The van der Waals surface area contributed by atoms with Gasteiger partial charge in [0.05, 0.1) is 24.4 Å². The Kier molecular flexibility index (Phi) is 3.92. The summed E-state index contributed by atoms with van der Waals surface area (Å²) in [7, 11) is 1.98. The number of amides is 1. The standard InChI is InChI=1S/C18H28N4O/c1-22-16(14(9-21-22)13-5-6-13)11-20-17(23)15-10-19-12-18(15)7-3-2-4-8-18/h9,13,15,19H,2-8,10-12H2,1H3,(H,20,23). The Morgan fingerprint density at radius 1 is 1.39 bits per heavy atom. The molecule has 126 valence electrons. The van der Waals surface area contributed by atoms with Gasteiger partial charge in [0.15, 0.2) is 0 Å². The third kappa shape index (κ3) is 2.80. The van der Waals surface area contributed by atoms with E-state index in [0.717, 1.165) is 13.1 Å². The number of aryl methyl sites for hydroxylation is 1. The van der Waals surface area contributed by atoms with Gasteiger partial charge in [0.2, 0.25) is 5.91 Å². The first-order valence-electron chi connectivity index (χ1n) is 9.19. The Morgan fingerprint density at radius 2 is 2.17 bits per heavy atom. The van der Waals surface area contributed by atoms with Gasteiger partial charge in [0.25, 0.3) is 0 Å². The smallest absolute Gasteiger partial charge is 0.225 e. The molecule has 0 aromatic carbocycles. The molecule has 1 amide bonds. The molecule has 3 fully saturated rings. The van der Waals surface area contributed by atoms with E-state index in [9.17, 15) is 4.79 Å². The summed E-state index contributed by atoms with van der Waals surface area (Å²) in [5.74, 6) is 1.05. The lowest BCUT2D eigenvalue weighted by molar-refractivity contribution is -0.128. The summed E-state index contributed by atoms with van der Waals surface area (Å²) in [6.45, 7) is 2.48. The van der Waals surface area contributed by atoms with Crippen LogP contribution in [0.1, 0.15) is 62.1 Å². The van der Waals surface area contributed by atoms with Crippen molar-refractivity contribution in [3.63, 3.8) is 0 Å². The molecule has 3 aliphatic rings. The third-order valence-electron chi connectivity index (χ3n) is 6.27. The van der Waals surface area contributed by atoms with Gasteiger partial charge in [-0.3, -0.25) is 9.48 Å². The van der Waals surface area contributed by atoms with Crippen molar-refractivity contribution in [1.82, 2.24) is 20.4 Å². The summed E-state index contributed by atoms with van der Waals surface area (Å²) in [4.78, 5) is 12.8. The van der Waals surface area contributed by atoms with E-state index in [4.69, 9.17) is 0 Å². The topological polar surface area (TPSA) is 59.0 Å². The molecule has 2 N–H and O–H groups in total. The van der Waals surface area contributed by atoms with Gasteiger partial charge in [0.1, 0.15) is 0 Å². The maximum Gasteiger partial charge on any atom is 0.225 e. The van der Waals surface area contributed by atoms with Crippen LogP contribution in [-0.4, -0.2) is 28.8 Å². The first-order valence-corrected chi connectivity index (χ1v) is 9.19. The Labute approximate surface area is 138 Å². The molecule has 2 heterocycles. The predicted octanol–water partition coefficient (Wildman–Crippen LogP) is 2.08. The first kappa shape index (κ1) is 15.2. The van der Waals surface area contributed by atoms with E-state index in [1.807, 2.05) is 17.9 Å². The van der Waals surface area contributed by atoms with Crippen LogP contribution in [0.3, 0.4) is 0 Å².